The summed E-state index contributed by atoms with van der Waals surface area (Å²) in [6.07, 6.45) is 0. The van der Waals surface area contributed by atoms with Crippen molar-refractivity contribution in [2.45, 2.75) is 26.3 Å². The first-order valence-corrected chi connectivity index (χ1v) is 6.31. The SMILES string of the molecule is COC(=O)c1ccc(NC(C)(CN)C(C)C)c(F)c1F. The van der Waals surface area contributed by atoms with E-state index >= 15 is 0 Å². The molecule has 0 aliphatic rings. The molecule has 0 spiro atoms. The lowest BCUT2D eigenvalue weighted by atomic mass is 9.88. The van der Waals surface area contributed by atoms with Crippen molar-refractivity contribution in [1.29, 1.82) is 0 Å². The first kappa shape index (κ1) is 16.4. The summed E-state index contributed by atoms with van der Waals surface area (Å²) < 4.78 is 32.2. The molecule has 20 heavy (non-hydrogen) atoms. The minimum atomic E-state index is -1.23. The van der Waals surface area contributed by atoms with Crippen LogP contribution in [0, 0.1) is 17.6 Å². The maximum absolute atomic E-state index is 14.0. The number of carbonyl (C=O) groups excluding carboxylic acids is 1. The molecule has 0 saturated carbocycles. The van der Waals surface area contributed by atoms with Gasteiger partial charge in [0.05, 0.1) is 18.4 Å². The van der Waals surface area contributed by atoms with Crippen LogP contribution in [0.2, 0.25) is 0 Å². The second-order valence-electron chi connectivity index (χ2n) is 5.18. The van der Waals surface area contributed by atoms with Crippen LogP contribution in [0.1, 0.15) is 31.1 Å². The molecule has 0 aliphatic carbocycles. The molecule has 4 nitrogen and oxygen atoms in total. The predicted molar refractivity (Wildman–Crippen MR) is 73.6 cm³/mol. The van der Waals surface area contributed by atoms with Gasteiger partial charge in [-0.1, -0.05) is 13.8 Å². The summed E-state index contributed by atoms with van der Waals surface area (Å²) in [6.45, 7) is 5.93. The molecule has 0 aromatic heterocycles. The van der Waals surface area contributed by atoms with Gasteiger partial charge < -0.3 is 15.8 Å². The summed E-state index contributed by atoms with van der Waals surface area (Å²) in [5.41, 5.74) is 4.64. The summed E-state index contributed by atoms with van der Waals surface area (Å²) in [5, 5.41) is 2.91. The Balaban J connectivity index is 3.17. The molecule has 0 saturated heterocycles. The molecule has 0 heterocycles. The third kappa shape index (κ3) is 3.07. The van der Waals surface area contributed by atoms with Crippen molar-refractivity contribution in [2.75, 3.05) is 19.0 Å². The van der Waals surface area contributed by atoms with Gasteiger partial charge in [-0.2, -0.15) is 0 Å². The van der Waals surface area contributed by atoms with Gasteiger partial charge in [0.15, 0.2) is 11.6 Å². The number of carbonyl (C=O) groups is 1. The largest absolute Gasteiger partial charge is 0.465 e. The first-order chi connectivity index (χ1) is 9.26. The van der Waals surface area contributed by atoms with E-state index in [2.05, 4.69) is 10.1 Å². The fourth-order valence-electron chi connectivity index (χ4n) is 1.65. The number of esters is 1. The van der Waals surface area contributed by atoms with E-state index in [9.17, 15) is 13.6 Å². The van der Waals surface area contributed by atoms with Gasteiger partial charge in [-0.3, -0.25) is 0 Å². The highest BCUT2D eigenvalue weighted by atomic mass is 19.2. The number of hydrogen-bond acceptors (Lipinski definition) is 4. The van der Waals surface area contributed by atoms with E-state index in [0.717, 1.165) is 7.11 Å². The van der Waals surface area contributed by atoms with Crippen LogP contribution in [0.3, 0.4) is 0 Å². The van der Waals surface area contributed by atoms with Crippen LogP contribution in [-0.4, -0.2) is 25.2 Å². The monoisotopic (exact) mass is 286 g/mol. The highest BCUT2D eigenvalue weighted by molar-refractivity contribution is 5.90. The van der Waals surface area contributed by atoms with Crippen LogP contribution < -0.4 is 11.1 Å². The van der Waals surface area contributed by atoms with Gasteiger partial charge in [-0.15, -0.1) is 0 Å². The molecule has 112 valence electrons. The van der Waals surface area contributed by atoms with Crippen LogP contribution >= 0.6 is 0 Å². The lowest BCUT2D eigenvalue weighted by Gasteiger charge is -2.34. The second-order valence-corrected chi connectivity index (χ2v) is 5.18. The molecule has 0 radical (unpaired) electrons. The second kappa shape index (κ2) is 6.17. The van der Waals surface area contributed by atoms with Crippen molar-refractivity contribution < 1.29 is 18.3 Å². The smallest absolute Gasteiger partial charge is 0.340 e. The van der Waals surface area contributed by atoms with E-state index in [1.165, 1.54) is 12.1 Å². The zero-order valence-electron chi connectivity index (χ0n) is 12.1. The molecule has 6 heteroatoms. The average Bonchev–Trinajstić information content (AvgIpc) is 2.43. The number of anilines is 1. The summed E-state index contributed by atoms with van der Waals surface area (Å²) in [4.78, 5) is 11.3. The fraction of sp³-hybridized carbons (Fsp3) is 0.500. The molecule has 3 N–H and O–H groups in total. The standard InChI is InChI=1S/C14H20F2N2O2/c1-8(2)14(3,7-17)18-10-6-5-9(13(19)20-4)11(15)12(10)16/h5-6,8,18H,7,17H2,1-4H3. The number of halogens is 2. The maximum Gasteiger partial charge on any atom is 0.340 e. The van der Waals surface area contributed by atoms with E-state index < -0.39 is 28.7 Å². The van der Waals surface area contributed by atoms with E-state index in [4.69, 9.17) is 5.73 Å². The Kier molecular flexibility index (Phi) is 5.05. The molecule has 0 bridgehead atoms. The lowest BCUT2D eigenvalue weighted by molar-refractivity contribution is 0.0594. The Labute approximate surface area is 117 Å². The summed E-state index contributed by atoms with van der Waals surface area (Å²) >= 11 is 0. The highest BCUT2D eigenvalue weighted by Gasteiger charge is 2.29. The van der Waals surface area contributed by atoms with Gasteiger partial charge in [0.2, 0.25) is 0 Å². The van der Waals surface area contributed by atoms with Gasteiger partial charge in [0.1, 0.15) is 0 Å². The molecular formula is C14H20F2N2O2. The van der Waals surface area contributed by atoms with Crippen molar-refractivity contribution >= 4 is 11.7 Å². The van der Waals surface area contributed by atoms with E-state index in [1.54, 1.807) is 0 Å². The highest BCUT2D eigenvalue weighted by Crippen LogP contribution is 2.27. The van der Waals surface area contributed by atoms with Crippen molar-refractivity contribution in [3.63, 3.8) is 0 Å². The number of nitrogens with one attached hydrogen (secondary N) is 1. The summed E-state index contributed by atoms with van der Waals surface area (Å²) in [7, 11) is 1.11. The molecule has 0 amide bonds. The van der Waals surface area contributed by atoms with Gasteiger partial charge in [0.25, 0.3) is 0 Å². The zero-order chi connectivity index (χ0) is 15.5. The third-order valence-corrected chi connectivity index (χ3v) is 3.61. The minimum absolute atomic E-state index is 0.0307. The summed E-state index contributed by atoms with van der Waals surface area (Å²) in [5.74, 6) is -3.16. The Morgan fingerprint density at radius 1 is 1.40 bits per heavy atom. The van der Waals surface area contributed by atoms with Crippen LogP contribution in [0.15, 0.2) is 12.1 Å². The summed E-state index contributed by atoms with van der Waals surface area (Å²) in [6, 6.07) is 2.49. The molecule has 1 aromatic rings. The van der Waals surface area contributed by atoms with Gasteiger partial charge in [-0.05, 0) is 25.0 Å². The Morgan fingerprint density at radius 2 is 2.00 bits per heavy atom. The molecular weight excluding hydrogens is 266 g/mol. The van der Waals surface area contributed by atoms with Gasteiger partial charge in [-0.25, -0.2) is 13.6 Å². The normalized spacial score (nSPS) is 14.0. The van der Waals surface area contributed by atoms with Crippen LogP contribution in [0.5, 0.6) is 0 Å². The van der Waals surface area contributed by atoms with Crippen molar-refractivity contribution in [3.8, 4) is 0 Å². The Bertz CT molecular complexity index is 506. The predicted octanol–water partition coefficient (Wildman–Crippen LogP) is 2.54. The number of benzene rings is 1. The van der Waals surface area contributed by atoms with Crippen LogP contribution in [0.25, 0.3) is 0 Å². The maximum atomic E-state index is 14.0. The molecule has 1 atom stereocenters. The van der Waals surface area contributed by atoms with Crippen LogP contribution in [-0.2, 0) is 4.74 Å². The molecule has 0 fully saturated rings. The van der Waals surface area contributed by atoms with Crippen molar-refractivity contribution in [1.82, 2.24) is 0 Å². The Hall–Kier alpha value is -1.69. The fourth-order valence-corrected chi connectivity index (χ4v) is 1.65. The van der Waals surface area contributed by atoms with Crippen molar-refractivity contribution in [2.24, 2.45) is 11.7 Å². The average molecular weight is 286 g/mol. The molecule has 1 rings (SSSR count). The molecule has 1 unspecified atom stereocenters. The minimum Gasteiger partial charge on any atom is -0.465 e. The quantitative estimate of drug-likeness (QED) is 0.816. The van der Waals surface area contributed by atoms with Crippen LogP contribution in [0.4, 0.5) is 14.5 Å². The number of nitrogens with two attached hydrogens (primary N) is 1. The zero-order valence-corrected chi connectivity index (χ0v) is 12.1. The van der Waals surface area contributed by atoms with E-state index in [1.807, 2.05) is 20.8 Å². The third-order valence-electron chi connectivity index (χ3n) is 3.61. The number of hydrogen-bond donors (Lipinski definition) is 2. The molecule has 0 aliphatic heterocycles. The lowest BCUT2D eigenvalue weighted by Crippen LogP contribution is -2.47. The van der Waals surface area contributed by atoms with Gasteiger partial charge >= 0.3 is 5.97 Å². The Morgan fingerprint density at radius 3 is 2.45 bits per heavy atom. The first-order valence-electron chi connectivity index (χ1n) is 6.31. The number of methoxy groups -OCH3 is 1. The van der Waals surface area contributed by atoms with E-state index in [0.29, 0.717) is 0 Å². The topological polar surface area (TPSA) is 64.3 Å². The number of rotatable bonds is 5. The van der Waals surface area contributed by atoms with Crippen molar-refractivity contribution in [3.05, 3.63) is 29.3 Å². The van der Waals surface area contributed by atoms with Gasteiger partial charge in [0, 0.05) is 12.1 Å². The molecule has 1 aromatic carbocycles. The number of ether oxygens (including phenoxy) is 1. The van der Waals surface area contributed by atoms with E-state index in [-0.39, 0.29) is 18.2 Å².